The molecule has 37 heavy (non-hydrogen) atoms. The molecule has 9 heteroatoms. The third kappa shape index (κ3) is 7.30. The molecule has 0 fully saturated rings. The highest BCUT2D eigenvalue weighted by Gasteiger charge is 2.22. The second kappa shape index (κ2) is 12.5. The maximum Gasteiger partial charge on any atom is 0.326 e. The first-order valence-corrected chi connectivity index (χ1v) is 12.1. The Kier molecular flexibility index (Phi) is 9.21. The summed E-state index contributed by atoms with van der Waals surface area (Å²) < 4.78 is 1.45. The van der Waals surface area contributed by atoms with Crippen LogP contribution in [0.25, 0.3) is 11.1 Å². The molecule has 0 unspecified atom stereocenters. The van der Waals surface area contributed by atoms with Crippen LogP contribution in [0.15, 0.2) is 76.6 Å². The van der Waals surface area contributed by atoms with E-state index in [1.54, 1.807) is 12.3 Å². The van der Waals surface area contributed by atoms with Crippen LogP contribution in [0.1, 0.15) is 54.1 Å². The van der Waals surface area contributed by atoms with Crippen molar-refractivity contribution in [2.45, 2.75) is 45.2 Å². The minimum absolute atomic E-state index is 0.0881. The molecule has 0 saturated heterocycles. The van der Waals surface area contributed by atoms with Gasteiger partial charge in [-0.25, -0.2) is 4.79 Å². The molecule has 1 atom stereocenters. The maximum absolute atomic E-state index is 13.2. The molecule has 2 aromatic carbocycles. The fraction of sp³-hybridized carbons (Fsp3) is 0.286. The first-order valence-electron chi connectivity index (χ1n) is 12.1. The molecule has 0 aliphatic heterocycles. The number of nitrogens with one attached hydrogen (secondary N) is 1. The Morgan fingerprint density at radius 1 is 1.03 bits per heavy atom. The highest BCUT2D eigenvalue weighted by molar-refractivity contribution is 5.96. The molecule has 0 spiro atoms. The fourth-order valence-electron chi connectivity index (χ4n) is 4.00. The largest absolute Gasteiger partial charge is 0.480 e. The third-order valence-electron chi connectivity index (χ3n) is 6.06. The molecule has 6 N–H and O–H groups in total. The molecule has 1 amide bonds. The Morgan fingerprint density at radius 3 is 2.38 bits per heavy atom. The zero-order chi connectivity index (χ0) is 26.9. The Labute approximate surface area is 215 Å². The number of aliphatic imine (C=N–C) groups is 1. The summed E-state index contributed by atoms with van der Waals surface area (Å²) in [5, 5.41) is 11.9. The van der Waals surface area contributed by atoms with Gasteiger partial charge in [-0.1, -0.05) is 62.4 Å². The Balaban J connectivity index is 1.80. The van der Waals surface area contributed by atoms with Crippen LogP contribution in [-0.2, 0) is 11.3 Å². The van der Waals surface area contributed by atoms with Crippen LogP contribution in [0.3, 0.4) is 0 Å². The van der Waals surface area contributed by atoms with E-state index < -0.39 is 23.5 Å². The lowest BCUT2D eigenvalue weighted by Gasteiger charge is -2.15. The van der Waals surface area contributed by atoms with Gasteiger partial charge < -0.3 is 26.5 Å². The van der Waals surface area contributed by atoms with Crippen LogP contribution < -0.4 is 22.3 Å². The number of carboxylic acids is 1. The van der Waals surface area contributed by atoms with Gasteiger partial charge in [-0.3, -0.25) is 14.6 Å². The van der Waals surface area contributed by atoms with Crippen molar-refractivity contribution in [3.05, 3.63) is 93.9 Å². The van der Waals surface area contributed by atoms with Crippen LogP contribution >= 0.6 is 0 Å². The second-order valence-corrected chi connectivity index (χ2v) is 9.10. The number of benzene rings is 2. The molecule has 3 aromatic rings. The van der Waals surface area contributed by atoms with Gasteiger partial charge in [-0.2, -0.15) is 0 Å². The lowest BCUT2D eigenvalue weighted by molar-refractivity contribution is -0.139. The minimum atomic E-state index is -1.20. The Hall–Kier alpha value is -4.40. The molecule has 0 aliphatic carbocycles. The summed E-state index contributed by atoms with van der Waals surface area (Å²) in [7, 11) is 0. The number of carboxylic acid groups (broad SMARTS) is 1. The van der Waals surface area contributed by atoms with Crippen molar-refractivity contribution in [2.24, 2.45) is 16.5 Å². The molecule has 0 bridgehead atoms. The van der Waals surface area contributed by atoms with Gasteiger partial charge in [0, 0.05) is 12.7 Å². The molecule has 0 radical (unpaired) electrons. The second-order valence-electron chi connectivity index (χ2n) is 9.10. The molecule has 0 saturated carbocycles. The van der Waals surface area contributed by atoms with Crippen LogP contribution in [0.4, 0.5) is 0 Å². The Morgan fingerprint density at radius 2 is 1.73 bits per heavy atom. The van der Waals surface area contributed by atoms with Crippen LogP contribution in [0.2, 0.25) is 0 Å². The third-order valence-corrected chi connectivity index (χ3v) is 6.06. The van der Waals surface area contributed by atoms with E-state index >= 15 is 0 Å². The summed E-state index contributed by atoms with van der Waals surface area (Å²) in [6.45, 7) is 4.77. The van der Waals surface area contributed by atoms with Crippen molar-refractivity contribution in [3.63, 3.8) is 0 Å². The van der Waals surface area contributed by atoms with E-state index in [0.717, 1.165) is 16.7 Å². The quantitative estimate of drug-likeness (QED) is 0.179. The topological polar surface area (TPSA) is 153 Å². The van der Waals surface area contributed by atoms with E-state index in [1.165, 1.54) is 16.2 Å². The number of carbonyl (C=O) groups is 2. The Bertz CT molecular complexity index is 1320. The number of rotatable bonds is 11. The first kappa shape index (κ1) is 27.2. The SMILES string of the molecule is CC(C)c1ccc(-c2ccccc2Cn2cccc(C(=O)N[C@@H](CCCN=C(N)N)C(=O)O)c2=O)cc1. The van der Waals surface area contributed by atoms with Crippen molar-refractivity contribution in [1.82, 2.24) is 9.88 Å². The number of nitrogens with two attached hydrogens (primary N) is 2. The highest BCUT2D eigenvalue weighted by atomic mass is 16.4. The zero-order valence-corrected chi connectivity index (χ0v) is 21.1. The monoisotopic (exact) mass is 503 g/mol. The standard InChI is InChI=1S/C28H33N5O4/c1-18(2)19-11-13-20(14-12-19)22-8-4-3-7-21(22)17-33-16-6-9-23(26(33)35)25(34)32-24(27(36)37)10-5-15-31-28(29)30/h3-4,6-9,11-14,16,18,24H,5,10,15,17H2,1-2H3,(H,32,34)(H,36,37)(H4,29,30,31)/t24-/m0/s1. The average Bonchev–Trinajstić information content (AvgIpc) is 2.87. The summed E-state index contributed by atoms with van der Waals surface area (Å²) in [6, 6.07) is 18.0. The van der Waals surface area contributed by atoms with E-state index in [4.69, 9.17) is 11.5 Å². The first-order chi connectivity index (χ1) is 17.7. The summed E-state index contributed by atoms with van der Waals surface area (Å²) in [6.07, 6.45) is 2.08. The number of hydrogen-bond donors (Lipinski definition) is 4. The molecular formula is C28H33N5O4. The van der Waals surface area contributed by atoms with Crippen LogP contribution in [-0.4, -0.2) is 40.1 Å². The predicted molar refractivity (Wildman–Crippen MR) is 145 cm³/mol. The lowest BCUT2D eigenvalue weighted by Crippen LogP contribution is -2.43. The number of aliphatic carboxylic acids is 1. The van der Waals surface area contributed by atoms with Gasteiger partial charge in [0.1, 0.15) is 11.6 Å². The van der Waals surface area contributed by atoms with Gasteiger partial charge in [-0.15, -0.1) is 0 Å². The molecular weight excluding hydrogens is 470 g/mol. The zero-order valence-electron chi connectivity index (χ0n) is 21.1. The summed E-state index contributed by atoms with van der Waals surface area (Å²) in [5.41, 5.74) is 14.1. The average molecular weight is 504 g/mol. The molecule has 9 nitrogen and oxygen atoms in total. The summed E-state index contributed by atoms with van der Waals surface area (Å²) in [5.74, 6) is -1.61. The van der Waals surface area contributed by atoms with E-state index in [2.05, 4.69) is 48.4 Å². The van der Waals surface area contributed by atoms with Crippen molar-refractivity contribution in [2.75, 3.05) is 6.54 Å². The normalized spacial score (nSPS) is 11.6. The number of hydrogen-bond acceptors (Lipinski definition) is 4. The lowest BCUT2D eigenvalue weighted by atomic mass is 9.96. The summed E-state index contributed by atoms with van der Waals surface area (Å²) in [4.78, 5) is 41.5. The minimum Gasteiger partial charge on any atom is -0.480 e. The maximum atomic E-state index is 13.2. The highest BCUT2D eigenvalue weighted by Crippen LogP contribution is 2.26. The van der Waals surface area contributed by atoms with Crippen molar-refractivity contribution < 1.29 is 14.7 Å². The fourth-order valence-corrected chi connectivity index (χ4v) is 4.00. The number of nitrogens with zero attached hydrogens (tertiary/aromatic N) is 2. The molecule has 0 aliphatic rings. The number of carbonyl (C=O) groups excluding carboxylic acids is 1. The van der Waals surface area contributed by atoms with Gasteiger partial charge >= 0.3 is 5.97 Å². The van der Waals surface area contributed by atoms with E-state index in [1.807, 2.05) is 24.3 Å². The molecule has 1 heterocycles. The number of aromatic nitrogens is 1. The number of pyridine rings is 1. The van der Waals surface area contributed by atoms with Crippen molar-refractivity contribution in [1.29, 1.82) is 0 Å². The van der Waals surface area contributed by atoms with Gasteiger partial charge in [0.25, 0.3) is 11.5 Å². The van der Waals surface area contributed by atoms with Gasteiger partial charge in [0.05, 0.1) is 6.54 Å². The van der Waals surface area contributed by atoms with Gasteiger partial charge in [0.15, 0.2) is 5.96 Å². The van der Waals surface area contributed by atoms with Gasteiger partial charge in [-0.05, 0) is 53.1 Å². The van der Waals surface area contributed by atoms with Crippen LogP contribution in [0, 0.1) is 0 Å². The van der Waals surface area contributed by atoms with Crippen molar-refractivity contribution >= 4 is 17.8 Å². The molecule has 194 valence electrons. The number of guanidine groups is 1. The summed E-state index contributed by atoms with van der Waals surface area (Å²) >= 11 is 0. The van der Waals surface area contributed by atoms with Gasteiger partial charge in [0.2, 0.25) is 0 Å². The molecule has 3 rings (SSSR count). The number of amides is 1. The van der Waals surface area contributed by atoms with E-state index in [-0.39, 0.29) is 31.0 Å². The van der Waals surface area contributed by atoms with E-state index in [0.29, 0.717) is 12.3 Å². The molecule has 1 aromatic heterocycles. The predicted octanol–water partition coefficient (Wildman–Crippen LogP) is 2.92. The smallest absolute Gasteiger partial charge is 0.326 e. The van der Waals surface area contributed by atoms with Crippen LogP contribution in [0.5, 0.6) is 0 Å². The van der Waals surface area contributed by atoms with E-state index in [9.17, 15) is 19.5 Å². The van der Waals surface area contributed by atoms with Crippen molar-refractivity contribution in [3.8, 4) is 11.1 Å².